The number of hydrogen-bond acceptors (Lipinski definition) is 2. The lowest BCUT2D eigenvalue weighted by Crippen LogP contribution is -2.32. The van der Waals surface area contributed by atoms with Crippen LogP contribution >= 0.6 is 0 Å². The quantitative estimate of drug-likeness (QED) is 0.115. The molecule has 0 bridgehead atoms. The lowest BCUT2D eigenvalue weighted by Gasteiger charge is -2.07. The topological polar surface area (TPSA) is 26.2 Å². The average Bonchev–Trinajstić information content (AvgIpc) is 2.91. The van der Waals surface area contributed by atoms with Crippen LogP contribution in [-0.2, 0) is 13.1 Å². The van der Waals surface area contributed by atoms with Gasteiger partial charge in [0, 0.05) is 37.1 Å². The molecule has 2 rings (SSSR count). The Kier molecular flexibility index (Phi) is 17.6. The molecule has 0 saturated heterocycles. The maximum absolute atomic E-state index is 5.92. The molecule has 0 aromatic carbocycles. The Bertz CT molecular complexity index is 680. The van der Waals surface area contributed by atoms with Crippen molar-refractivity contribution < 1.29 is 18.6 Å². The molecule has 36 heavy (non-hydrogen) atoms. The first kappa shape index (κ1) is 30.1. The molecule has 0 N–H and O–H groups in total. The van der Waals surface area contributed by atoms with E-state index in [0.29, 0.717) is 0 Å². The molecule has 202 valence electrons. The third-order valence-electron chi connectivity index (χ3n) is 6.84. The molecule has 2 heterocycles. The Morgan fingerprint density at radius 3 is 1.17 bits per heavy atom. The van der Waals surface area contributed by atoms with Crippen LogP contribution in [0.5, 0.6) is 11.5 Å². The average molecular weight is 499 g/mol. The van der Waals surface area contributed by atoms with Crippen molar-refractivity contribution in [2.75, 3.05) is 13.2 Å². The molecule has 4 nitrogen and oxygen atoms in total. The fourth-order valence-corrected chi connectivity index (χ4v) is 4.47. The molecule has 0 aliphatic carbocycles. The van der Waals surface area contributed by atoms with Crippen LogP contribution in [0.3, 0.4) is 0 Å². The van der Waals surface area contributed by atoms with Crippen molar-refractivity contribution in [3.8, 4) is 11.5 Å². The van der Waals surface area contributed by atoms with E-state index in [0.717, 1.165) is 50.6 Å². The number of unbranched alkanes of at least 4 members (excludes halogenated alkanes) is 13. The second kappa shape index (κ2) is 21.0. The number of hydrogen-bond donors (Lipinski definition) is 0. The molecule has 0 saturated carbocycles. The van der Waals surface area contributed by atoms with Gasteiger partial charge in [0.1, 0.15) is 24.6 Å². The number of ether oxygens (including phenoxy) is 2. The van der Waals surface area contributed by atoms with Gasteiger partial charge in [0.05, 0.1) is 13.2 Å². The van der Waals surface area contributed by atoms with E-state index in [1.54, 1.807) is 0 Å². The van der Waals surface area contributed by atoms with Gasteiger partial charge in [-0.15, -0.1) is 0 Å². The van der Waals surface area contributed by atoms with Crippen molar-refractivity contribution >= 4 is 0 Å². The van der Waals surface area contributed by atoms with Gasteiger partial charge in [-0.05, 0) is 38.5 Å². The van der Waals surface area contributed by atoms with E-state index in [1.807, 2.05) is 0 Å². The summed E-state index contributed by atoms with van der Waals surface area (Å²) < 4.78 is 16.4. The minimum absolute atomic E-state index is 0.791. The molecule has 0 atom stereocenters. The van der Waals surface area contributed by atoms with E-state index >= 15 is 0 Å². The first-order valence-electron chi connectivity index (χ1n) is 15.1. The Morgan fingerprint density at radius 1 is 0.444 bits per heavy atom. The molecular formula is C32H54N2O2+2. The minimum Gasteiger partial charge on any atom is -0.493 e. The standard InChI is InChI=1S/C32H54N2O2/c1-3-5-7-9-11-15-23-33-25-19-31(20-26-33)35-29-17-13-14-18-30-36-32-21-27-34(28-22-32)24-16-12-10-8-6-4-2/h19-22,25-28H,3-18,23-24,29-30H2,1-2H3/q+2. The van der Waals surface area contributed by atoms with E-state index in [2.05, 4.69) is 72.0 Å². The normalized spacial score (nSPS) is 11.1. The van der Waals surface area contributed by atoms with E-state index in [9.17, 15) is 0 Å². The number of aryl methyl sites for hydroxylation is 2. The highest BCUT2D eigenvalue weighted by molar-refractivity contribution is 5.15. The number of rotatable bonds is 23. The van der Waals surface area contributed by atoms with Gasteiger partial charge in [-0.3, -0.25) is 0 Å². The molecule has 0 aliphatic rings. The van der Waals surface area contributed by atoms with Crippen molar-refractivity contribution in [1.82, 2.24) is 0 Å². The van der Waals surface area contributed by atoms with Gasteiger partial charge in [-0.1, -0.05) is 65.2 Å². The second-order valence-corrected chi connectivity index (χ2v) is 10.2. The first-order chi connectivity index (χ1) is 17.8. The van der Waals surface area contributed by atoms with Crippen molar-refractivity contribution in [2.45, 2.75) is 130 Å². The van der Waals surface area contributed by atoms with E-state index < -0.39 is 0 Å². The summed E-state index contributed by atoms with van der Waals surface area (Å²) in [5.74, 6) is 1.96. The van der Waals surface area contributed by atoms with E-state index in [-0.39, 0.29) is 0 Å². The van der Waals surface area contributed by atoms with Crippen LogP contribution in [-0.4, -0.2) is 13.2 Å². The zero-order chi connectivity index (χ0) is 25.5. The van der Waals surface area contributed by atoms with Crippen LogP contribution in [0.1, 0.15) is 117 Å². The van der Waals surface area contributed by atoms with Gasteiger partial charge >= 0.3 is 0 Å². The highest BCUT2D eigenvalue weighted by Gasteiger charge is 2.04. The molecular weight excluding hydrogens is 444 g/mol. The summed E-state index contributed by atoms with van der Waals surface area (Å²) in [6.45, 7) is 8.34. The summed E-state index contributed by atoms with van der Waals surface area (Å²) in [4.78, 5) is 0. The van der Waals surface area contributed by atoms with Crippen LogP contribution in [0.2, 0.25) is 0 Å². The summed E-state index contributed by atoms with van der Waals surface area (Å²) in [5.41, 5.74) is 0. The highest BCUT2D eigenvalue weighted by Crippen LogP contribution is 2.11. The molecule has 2 aromatic rings. The Hall–Kier alpha value is -2.10. The number of nitrogens with zero attached hydrogens (tertiary/aromatic N) is 2. The van der Waals surface area contributed by atoms with Crippen LogP contribution < -0.4 is 18.6 Å². The molecule has 4 heteroatoms. The van der Waals surface area contributed by atoms with Crippen molar-refractivity contribution in [2.24, 2.45) is 0 Å². The minimum atomic E-state index is 0.791. The summed E-state index contributed by atoms with van der Waals surface area (Å²) in [7, 11) is 0. The van der Waals surface area contributed by atoms with E-state index in [1.165, 1.54) is 89.9 Å². The zero-order valence-electron chi connectivity index (χ0n) is 23.5. The van der Waals surface area contributed by atoms with Crippen molar-refractivity contribution in [1.29, 1.82) is 0 Å². The van der Waals surface area contributed by atoms with Crippen LogP contribution in [0, 0.1) is 0 Å². The molecule has 0 radical (unpaired) electrons. The lowest BCUT2D eigenvalue weighted by molar-refractivity contribution is -0.697. The summed E-state index contributed by atoms with van der Waals surface area (Å²) in [6, 6.07) is 8.40. The second-order valence-electron chi connectivity index (χ2n) is 10.2. The van der Waals surface area contributed by atoms with Crippen molar-refractivity contribution in [3.63, 3.8) is 0 Å². The first-order valence-corrected chi connectivity index (χ1v) is 15.1. The fourth-order valence-electron chi connectivity index (χ4n) is 4.47. The van der Waals surface area contributed by atoms with Gasteiger partial charge in [0.25, 0.3) is 0 Å². The maximum Gasteiger partial charge on any atom is 0.172 e. The Labute approximate surface area is 222 Å². The zero-order valence-corrected chi connectivity index (χ0v) is 23.5. The van der Waals surface area contributed by atoms with Gasteiger partial charge in [-0.25, -0.2) is 9.13 Å². The van der Waals surface area contributed by atoms with Gasteiger partial charge in [0.2, 0.25) is 0 Å². The van der Waals surface area contributed by atoms with Crippen molar-refractivity contribution in [3.05, 3.63) is 49.1 Å². The third-order valence-corrected chi connectivity index (χ3v) is 6.84. The summed E-state index contributed by atoms with van der Waals surface area (Å²) in [6.07, 6.45) is 29.2. The van der Waals surface area contributed by atoms with Gasteiger partial charge < -0.3 is 9.47 Å². The number of pyridine rings is 2. The van der Waals surface area contributed by atoms with Gasteiger partial charge in [0.15, 0.2) is 24.8 Å². The predicted octanol–water partition coefficient (Wildman–Crippen LogP) is 8.00. The molecule has 0 fully saturated rings. The molecule has 0 aliphatic heterocycles. The molecule has 2 aromatic heterocycles. The van der Waals surface area contributed by atoms with Crippen LogP contribution in [0.15, 0.2) is 49.1 Å². The Morgan fingerprint density at radius 2 is 0.778 bits per heavy atom. The summed E-state index contributed by atoms with van der Waals surface area (Å²) in [5, 5.41) is 0. The highest BCUT2D eigenvalue weighted by atomic mass is 16.5. The molecule has 0 spiro atoms. The number of aromatic nitrogens is 2. The van der Waals surface area contributed by atoms with Crippen LogP contribution in [0.25, 0.3) is 0 Å². The molecule has 0 amide bonds. The monoisotopic (exact) mass is 498 g/mol. The lowest BCUT2D eigenvalue weighted by atomic mass is 10.1. The smallest absolute Gasteiger partial charge is 0.172 e. The van der Waals surface area contributed by atoms with E-state index in [4.69, 9.17) is 9.47 Å². The Balaban J connectivity index is 1.43. The maximum atomic E-state index is 5.92. The largest absolute Gasteiger partial charge is 0.493 e. The van der Waals surface area contributed by atoms with Gasteiger partial charge in [-0.2, -0.15) is 0 Å². The SMILES string of the molecule is CCCCCCCC[n+]1ccc(OCCCCCCOc2cc[n+](CCCCCCCC)cc2)cc1. The molecule has 0 unspecified atom stereocenters. The predicted molar refractivity (Wildman–Crippen MR) is 149 cm³/mol. The third kappa shape index (κ3) is 15.1. The summed E-state index contributed by atoms with van der Waals surface area (Å²) >= 11 is 0. The van der Waals surface area contributed by atoms with Crippen LogP contribution in [0.4, 0.5) is 0 Å². The fraction of sp³-hybridized carbons (Fsp3) is 0.688.